The Hall–Kier alpha value is -1.16. The maximum Gasteiger partial charge on any atom is 0.143 e. The summed E-state index contributed by atoms with van der Waals surface area (Å²) < 4.78 is 0. The van der Waals surface area contributed by atoms with Crippen molar-refractivity contribution >= 4 is 5.82 Å². The van der Waals surface area contributed by atoms with Gasteiger partial charge in [0.05, 0.1) is 0 Å². The van der Waals surface area contributed by atoms with Crippen LogP contribution in [0.1, 0.15) is 25.5 Å². The lowest BCUT2D eigenvalue weighted by molar-refractivity contribution is 0.492. The molecule has 0 saturated heterocycles. The SMILES string of the molecule is CC(C)c1cc(NN(C)C)ncn1. The van der Waals surface area contributed by atoms with E-state index >= 15 is 0 Å². The highest BCUT2D eigenvalue weighted by atomic mass is 15.5. The van der Waals surface area contributed by atoms with E-state index in [4.69, 9.17) is 0 Å². The number of hydrazine groups is 1. The van der Waals surface area contributed by atoms with E-state index in [0.717, 1.165) is 11.5 Å². The largest absolute Gasteiger partial charge is 0.304 e. The van der Waals surface area contributed by atoms with Gasteiger partial charge in [-0.1, -0.05) is 13.8 Å². The van der Waals surface area contributed by atoms with Gasteiger partial charge in [0.25, 0.3) is 0 Å². The van der Waals surface area contributed by atoms with Gasteiger partial charge < -0.3 is 5.43 Å². The maximum atomic E-state index is 4.18. The zero-order chi connectivity index (χ0) is 9.84. The van der Waals surface area contributed by atoms with Crippen LogP contribution in [0.4, 0.5) is 5.82 Å². The second-order valence-electron chi connectivity index (χ2n) is 3.49. The van der Waals surface area contributed by atoms with Crippen molar-refractivity contribution < 1.29 is 0 Å². The van der Waals surface area contributed by atoms with Gasteiger partial charge in [-0.15, -0.1) is 0 Å². The highest BCUT2D eigenvalue weighted by molar-refractivity contribution is 5.34. The minimum atomic E-state index is 0.436. The fourth-order valence-electron chi connectivity index (χ4n) is 0.978. The lowest BCUT2D eigenvalue weighted by Crippen LogP contribution is -2.20. The average Bonchev–Trinajstić information content (AvgIpc) is 2.03. The molecule has 4 heteroatoms. The maximum absolute atomic E-state index is 4.18. The third kappa shape index (κ3) is 2.99. The van der Waals surface area contributed by atoms with E-state index < -0.39 is 0 Å². The molecule has 0 fully saturated rings. The number of aromatic nitrogens is 2. The molecule has 0 aromatic carbocycles. The van der Waals surface area contributed by atoms with Crippen molar-refractivity contribution in [2.24, 2.45) is 0 Å². The number of nitrogens with one attached hydrogen (secondary N) is 1. The molecule has 1 N–H and O–H groups in total. The summed E-state index contributed by atoms with van der Waals surface area (Å²) in [6.45, 7) is 4.23. The van der Waals surface area contributed by atoms with E-state index in [0.29, 0.717) is 5.92 Å². The van der Waals surface area contributed by atoms with Gasteiger partial charge in [0, 0.05) is 25.9 Å². The molecule has 1 aromatic heterocycles. The molecule has 1 rings (SSSR count). The first kappa shape index (κ1) is 9.92. The fourth-order valence-corrected chi connectivity index (χ4v) is 0.978. The van der Waals surface area contributed by atoms with Crippen LogP contribution in [0.3, 0.4) is 0 Å². The molecule has 1 aromatic rings. The predicted octanol–water partition coefficient (Wildman–Crippen LogP) is 1.49. The summed E-state index contributed by atoms with van der Waals surface area (Å²) in [5.41, 5.74) is 4.14. The van der Waals surface area contributed by atoms with Gasteiger partial charge in [0.1, 0.15) is 12.1 Å². The normalized spacial score (nSPS) is 10.9. The smallest absolute Gasteiger partial charge is 0.143 e. The second kappa shape index (κ2) is 4.18. The first-order valence-corrected chi connectivity index (χ1v) is 4.35. The van der Waals surface area contributed by atoms with Gasteiger partial charge in [-0.3, -0.25) is 0 Å². The summed E-state index contributed by atoms with van der Waals surface area (Å²) in [7, 11) is 3.86. The van der Waals surface area contributed by atoms with Crippen molar-refractivity contribution in [3.05, 3.63) is 18.1 Å². The van der Waals surface area contributed by atoms with Crippen LogP contribution in [0.2, 0.25) is 0 Å². The summed E-state index contributed by atoms with van der Waals surface area (Å²) in [6.07, 6.45) is 1.58. The van der Waals surface area contributed by atoms with Gasteiger partial charge in [-0.2, -0.15) is 0 Å². The molecule has 72 valence electrons. The topological polar surface area (TPSA) is 41.0 Å². The van der Waals surface area contributed by atoms with Gasteiger partial charge >= 0.3 is 0 Å². The van der Waals surface area contributed by atoms with E-state index in [1.165, 1.54) is 0 Å². The Labute approximate surface area is 79.0 Å². The first-order chi connectivity index (χ1) is 6.09. The van der Waals surface area contributed by atoms with Crippen molar-refractivity contribution in [1.82, 2.24) is 15.0 Å². The third-order valence-corrected chi connectivity index (χ3v) is 1.62. The Morgan fingerprint density at radius 1 is 1.31 bits per heavy atom. The molecule has 4 nitrogen and oxygen atoms in total. The molecule has 0 atom stereocenters. The molecule has 0 aliphatic rings. The zero-order valence-electron chi connectivity index (χ0n) is 8.57. The van der Waals surface area contributed by atoms with Gasteiger partial charge in [0.2, 0.25) is 0 Å². The summed E-state index contributed by atoms with van der Waals surface area (Å²) in [6, 6.07) is 1.96. The minimum absolute atomic E-state index is 0.436. The molecule has 0 aliphatic heterocycles. The summed E-state index contributed by atoms with van der Waals surface area (Å²) >= 11 is 0. The van der Waals surface area contributed by atoms with Crippen LogP contribution < -0.4 is 5.43 Å². The molecule has 0 radical (unpaired) electrons. The Morgan fingerprint density at radius 2 is 2.00 bits per heavy atom. The van der Waals surface area contributed by atoms with Crippen molar-refractivity contribution in [3.63, 3.8) is 0 Å². The molecule has 0 saturated carbocycles. The van der Waals surface area contributed by atoms with Crippen LogP contribution >= 0.6 is 0 Å². The van der Waals surface area contributed by atoms with Crippen LogP contribution in [0.25, 0.3) is 0 Å². The summed E-state index contributed by atoms with van der Waals surface area (Å²) in [5.74, 6) is 1.27. The highest BCUT2D eigenvalue weighted by Gasteiger charge is 2.02. The number of anilines is 1. The summed E-state index contributed by atoms with van der Waals surface area (Å²) in [4.78, 5) is 8.27. The van der Waals surface area contributed by atoms with Crippen molar-refractivity contribution in [2.75, 3.05) is 19.5 Å². The van der Waals surface area contributed by atoms with Crippen molar-refractivity contribution in [2.45, 2.75) is 19.8 Å². The van der Waals surface area contributed by atoms with Crippen molar-refractivity contribution in [1.29, 1.82) is 0 Å². The van der Waals surface area contributed by atoms with Gasteiger partial charge in [-0.25, -0.2) is 15.0 Å². The molecule has 0 amide bonds. The molecule has 0 spiro atoms. The number of nitrogens with zero attached hydrogens (tertiary/aromatic N) is 3. The molecule has 1 heterocycles. The first-order valence-electron chi connectivity index (χ1n) is 4.35. The second-order valence-corrected chi connectivity index (χ2v) is 3.49. The van der Waals surface area contributed by atoms with E-state index in [-0.39, 0.29) is 0 Å². The lowest BCUT2D eigenvalue weighted by atomic mass is 10.1. The molecule has 0 unspecified atom stereocenters. The average molecular weight is 180 g/mol. The number of rotatable bonds is 3. The van der Waals surface area contributed by atoms with Crippen molar-refractivity contribution in [3.8, 4) is 0 Å². The van der Waals surface area contributed by atoms with E-state index in [1.807, 2.05) is 25.2 Å². The van der Waals surface area contributed by atoms with Crippen LogP contribution in [0.5, 0.6) is 0 Å². The van der Waals surface area contributed by atoms with Crippen LogP contribution in [-0.2, 0) is 0 Å². The lowest BCUT2D eigenvalue weighted by Gasteiger charge is -2.13. The third-order valence-electron chi connectivity index (χ3n) is 1.62. The van der Waals surface area contributed by atoms with E-state index in [9.17, 15) is 0 Å². The highest BCUT2D eigenvalue weighted by Crippen LogP contribution is 2.13. The van der Waals surface area contributed by atoms with Gasteiger partial charge in [0.15, 0.2) is 0 Å². The zero-order valence-corrected chi connectivity index (χ0v) is 8.57. The Bertz CT molecular complexity index is 270. The Balaban J connectivity index is 2.79. The fraction of sp³-hybridized carbons (Fsp3) is 0.556. The van der Waals surface area contributed by atoms with E-state index in [2.05, 4.69) is 29.2 Å². The Morgan fingerprint density at radius 3 is 2.54 bits per heavy atom. The quantitative estimate of drug-likeness (QED) is 0.715. The monoisotopic (exact) mass is 180 g/mol. The summed E-state index contributed by atoms with van der Waals surface area (Å²) in [5, 5.41) is 1.85. The van der Waals surface area contributed by atoms with E-state index in [1.54, 1.807) is 6.33 Å². The predicted molar refractivity (Wildman–Crippen MR) is 53.4 cm³/mol. The van der Waals surface area contributed by atoms with Crippen LogP contribution in [0, 0.1) is 0 Å². The molecule has 0 bridgehead atoms. The standard InChI is InChI=1S/C9H16N4/c1-7(2)8-5-9(11-6-10-8)12-13(3)4/h5-7H,1-4H3,(H,10,11,12). The molecular formula is C9H16N4. The number of hydrogen-bond acceptors (Lipinski definition) is 4. The Kier molecular flexibility index (Phi) is 3.19. The van der Waals surface area contributed by atoms with Crippen LogP contribution in [0.15, 0.2) is 12.4 Å². The van der Waals surface area contributed by atoms with Gasteiger partial charge in [-0.05, 0) is 5.92 Å². The van der Waals surface area contributed by atoms with Crippen LogP contribution in [-0.4, -0.2) is 29.1 Å². The minimum Gasteiger partial charge on any atom is -0.304 e. The molecular weight excluding hydrogens is 164 g/mol. The molecule has 13 heavy (non-hydrogen) atoms. The number of hydrogen-bond donors (Lipinski definition) is 1. The molecule has 0 aliphatic carbocycles.